The van der Waals surface area contributed by atoms with Gasteiger partial charge in [-0.2, -0.15) is 13.2 Å². The highest BCUT2D eigenvalue weighted by atomic mass is 32.1. The summed E-state index contributed by atoms with van der Waals surface area (Å²) in [5.74, 6) is -0.570. The molecule has 0 unspecified atom stereocenters. The minimum Gasteiger partial charge on any atom is -0.321 e. The van der Waals surface area contributed by atoms with Crippen LogP contribution in [0.2, 0.25) is 0 Å². The van der Waals surface area contributed by atoms with Gasteiger partial charge in [0.25, 0.3) is 11.5 Å². The number of para-hydroxylation sites is 1. The second-order valence-electron chi connectivity index (χ2n) is 5.89. The molecular formula is C19H11F3N2O2S. The number of thiophene rings is 1. The van der Waals surface area contributed by atoms with Crippen LogP contribution >= 0.6 is 11.3 Å². The third-order valence-electron chi connectivity index (χ3n) is 4.07. The monoisotopic (exact) mass is 388 g/mol. The Morgan fingerprint density at radius 3 is 2.56 bits per heavy atom. The number of aromatic amines is 1. The van der Waals surface area contributed by atoms with Crippen molar-refractivity contribution in [3.8, 4) is 0 Å². The molecule has 0 aliphatic rings. The fourth-order valence-corrected chi connectivity index (χ4v) is 3.91. The van der Waals surface area contributed by atoms with Crippen LogP contribution in [0.4, 0.5) is 18.9 Å². The summed E-state index contributed by atoms with van der Waals surface area (Å²) in [4.78, 5) is 27.7. The van der Waals surface area contributed by atoms with E-state index in [4.69, 9.17) is 0 Å². The van der Waals surface area contributed by atoms with Crippen molar-refractivity contribution >= 4 is 43.9 Å². The van der Waals surface area contributed by atoms with E-state index >= 15 is 0 Å². The number of anilines is 1. The van der Waals surface area contributed by atoms with Crippen molar-refractivity contribution in [1.29, 1.82) is 0 Å². The van der Waals surface area contributed by atoms with E-state index in [1.54, 1.807) is 12.1 Å². The minimum atomic E-state index is -4.50. The van der Waals surface area contributed by atoms with Gasteiger partial charge in [0, 0.05) is 21.3 Å². The molecule has 0 aliphatic carbocycles. The summed E-state index contributed by atoms with van der Waals surface area (Å²) in [6, 6.07) is 13.1. The lowest BCUT2D eigenvalue weighted by Crippen LogP contribution is -2.12. The SMILES string of the molecule is O=C(Nc1cccc(C(F)(F)F)c1)c1cc2c(=O)[nH]c3ccccc3c2s1. The number of rotatable bonds is 2. The van der Waals surface area contributed by atoms with Gasteiger partial charge in [-0.05, 0) is 30.3 Å². The molecule has 4 nitrogen and oxygen atoms in total. The molecule has 8 heteroatoms. The average Bonchev–Trinajstić information content (AvgIpc) is 3.08. The molecule has 0 radical (unpaired) electrons. The number of carbonyl (C=O) groups is 1. The maximum absolute atomic E-state index is 12.8. The lowest BCUT2D eigenvalue weighted by molar-refractivity contribution is -0.137. The molecule has 0 saturated carbocycles. The fraction of sp³-hybridized carbons (Fsp3) is 0.0526. The summed E-state index contributed by atoms with van der Waals surface area (Å²) >= 11 is 1.12. The maximum atomic E-state index is 12.8. The predicted octanol–water partition coefficient (Wildman–Crippen LogP) is 5.01. The topological polar surface area (TPSA) is 62.0 Å². The van der Waals surface area contributed by atoms with Gasteiger partial charge in [-0.3, -0.25) is 9.59 Å². The lowest BCUT2D eigenvalue weighted by atomic mass is 10.2. The molecule has 136 valence electrons. The fourth-order valence-electron chi connectivity index (χ4n) is 2.82. The van der Waals surface area contributed by atoms with Gasteiger partial charge in [0.05, 0.1) is 15.8 Å². The first-order valence-corrected chi connectivity index (χ1v) is 8.68. The molecule has 0 aliphatic heterocycles. The van der Waals surface area contributed by atoms with Gasteiger partial charge in [0.1, 0.15) is 0 Å². The highest BCUT2D eigenvalue weighted by Crippen LogP contribution is 2.32. The van der Waals surface area contributed by atoms with Crippen LogP contribution in [0.15, 0.2) is 59.4 Å². The number of H-pyrrole nitrogens is 1. The van der Waals surface area contributed by atoms with E-state index in [2.05, 4.69) is 10.3 Å². The van der Waals surface area contributed by atoms with Crippen molar-refractivity contribution in [1.82, 2.24) is 4.98 Å². The van der Waals surface area contributed by atoms with Gasteiger partial charge >= 0.3 is 6.18 Å². The number of hydrogen-bond donors (Lipinski definition) is 2. The van der Waals surface area contributed by atoms with Crippen LogP contribution in [0.1, 0.15) is 15.2 Å². The van der Waals surface area contributed by atoms with Crippen LogP contribution in [-0.4, -0.2) is 10.9 Å². The first kappa shape index (κ1) is 17.3. The van der Waals surface area contributed by atoms with E-state index in [-0.39, 0.29) is 16.1 Å². The van der Waals surface area contributed by atoms with E-state index in [9.17, 15) is 22.8 Å². The van der Waals surface area contributed by atoms with Crippen LogP contribution < -0.4 is 10.9 Å². The number of halogens is 3. The Morgan fingerprint density at radius 1 is 1.00 bits per heavy atom. The van der Waals surface area contributed by atoms with Gasteiger partial charge in [-0.1, -0.05) is 24.3 Å². The molecule has 2 heterocycles. The molecule has 2 aromatic heterocycles. The summed E-state index contributed by atoms with van der Waals surface area (Å²) in [6.45, 7) is 0. The van der Waals surface area contributed by atoms with Gasteiger partial charge in [0.15, 0.2) is 0 Å². The van der Waals surface area contributed by atoms with Gasteiger partial charge in [-0.25, -0.2) is 0 Å². The van der Waals surface area contributed by atoms with Crippen molar-refractivity contribution in [2.75, 3.05) is 5.32 Å². The number of aromatic nitrogens is 1. The molecular weight excluding hydrogens is 377 g/mol. The first-order valence-electron chi connectivity index (χ1n) is 7.86. The Bertz CT molecular complexity index is 1240. The number of pyridine rings is 1. The summed E-state index contributed by atoms with van der Waals surface area (Å²) in [5.41, 5.74) is -0.482. The number of fused-ring (bicyclic) bond motifs is 3. The molecule has 4 rings (SSSR count). The Kier molecular flexibility index (Phi) is 4.00. The Balaban J connectivity index is 1.73. The van der Waals surface area contributed by atoms with Crippen LogP contribution in [0.25, 0.3) is 21.0 Å². The molecule has 27 heavy (non-hydrogen) atoms. The van der Waals surface area contributed by atoms with Crippen LogP contribution in [0.5, 0.6) is 0 Å². The normalized spacial score (nSPS) is 11.8. The highest BCUT2D eigenvalue weighted by molar-refractivity contribution is 7.21. The number of carbonyl (C=O) groups excluding carboxylic acids is 1. The van der Waals surface area contributed by atoms with Crippen LogP contribution in [-0.2, 0) is 6.18 Å². The third kappa shape index (κ3) is 3.19. The summed E-state index contributed by atoms with van der Waals surface area (Å²) in [7, 11) is 0. The maximum Gasteiger partial charge on any atom is 0.416 e. The van der Waals surface area contributed by atoms with E-state index in [1.165, 1.54) is 18.2 Å². The summed E-state index contributed by atoms with van der Waals surface area (Å²) in [6.07, 6.45) is -4.50. The van der Waals surface area contributed by atoms with Crippen LogP contribution in [0.3, 0.4) is 0 Å². The Hall–Kier alpha value is -3.13. The molecule has 0 fully saturated rings. The second kappa shape index (κ2) is 6.24. The van der Waals surface area contributed by atoms with Crippen molar-refractivity contribution in [2.24, 2.45) is 0 Å². The molecule has 0 spiro atoms. The second-order valence-corrected chi connectivity index (χ2v) is 6.94. The largest absolute Gasteiger partial charge is 0.416 e. The molecule has 4 aromatic rings. The Labute approximate surface area is 154 Å². The number of nitrogens with one attached hydrogen (secondary N) is 2. The van der Waals surface area contributed by atoms with Gasteiger partial charge in [0.2, 0.25) is 0 Å². The number of benzene rings is 2. The minimum absolute atomic E-state index is 0.0334. The van der Waals surface area contributed by atoms with Crippen molar-refractivity contribution in [3.05, 3.63) is 75.4 Å². The van der Waals surface area contributed by atoms with Crippen molar-refractivity contribution in [3.63, 3.8) is 0 Å². The average molecular weight is 388 g/mol. The standard InChI is InChI=1S/C19H11F3N2O2S/c20-19(21,22)10-4-3-5-11(8-10)23-18(26)15-9-13-16(27-15)12-6-1-2-7-14(12)24-17(13)25/h1-9H,(H,23,26)(H,24,25). The molecule has 0 saturated heterocycles. The number of amides is 1. The smallest absolute Gasteiger partial charge is 0.321 e. The van der Waals surface area contributed by atoms with E-state index < -0.39 is 17.6 Å². The summed E-state index contributed by atoms with van der Waals surface area (Å²) < 4.78 is 39.1. The van der Waals surface area contributed by atoms with Crippen molar-refractivity contribution in [2.45, 2.75) is 6.18 Å². The van der Waals surface area contributed by atoms with E-state index in [1.807, 2.05) is 12.1 Å². The Morgan fingerprint density at radius 2 is 1.78 bits per heavy atom. The van der Waals surface area contributed by atoms with Gasteiger partial charge in [-0.15, -0.1) is 11.3 Å². The first-order chi connectivity index (χ1) is 12.8. The predicted molar refractivity (Wildman–Crippen MR) is 99.3 cm³/mol. The molecule has 2 aromatic carbocycles. The quantitative estimate of drug-likeness (QED) is 0.507. The molecule has 0 atom stereocenters. The van der Waals surface area contributed by atoms with Gasteiger partial charge < -0.3 is 10.3 Å². The van der Waals surface area contributed by atoms with Crippen LogP contribution in [0, 0.1) is 0 Å². The van der Waals surface area contributed by atoms with E-state index in [0.29, 0.717) is 15.6 Å². The number of alkyl halides is 3. The summed E-state index contributed by atoms with van der Waals surface area (Å²) in [5, 5.41) is 3.63. The highest BCUT2D eigenvalue weighted by Gasteiger charge is 2.30. The third-order valence-corrected chi connectivity index (χ3v) is 5.24. The number of hydrogen-bond acceptors (Lipinski definition) is 3. The molecule has 2 N–H and O–H groups in total. The lowest BCUT2D eigenvalue weighted by Gasteiger charge is -2.09. The van der Waals surface area contributed by atoms with E-state index in [0.717, 1.165) is 28.9 Å². The zero-order valence-electron chi connectivity index (χ0n) is 13.6. The molecule has 1 amide bonds. The molecule has 0 bridgehead atoms. The zero-order chi connectivity index (χ0) is 19.2. The zero-order valence-corrected chi connectivity index (χ0v) is 14.4. The van der Waals surface area contributed by atoms with Crippen molar-refractivity contribution < 1.29 is 18.0 Å².